The second-order valence-corrected chi connectivity index (χ2v) is 5.59. The molecule has 0 unspecified atom stereocenters. The van der Waals surface area contributed by atoms with Crippen LogP contribution in [-0.2, 0) is 4.79 Å². The Morgan fingerprint density at radius 1 is 1.38 bits per heavy atom. The molecule has 0 bridgehead atoms. The van der Waals surface area contributed by atoms with Gasteiger partial charge in [0.1, 0.15) is 5.75 Å². The number of nitrogens with zero attached hydrogens (tertiary/aromatic N) is 1. The van der Waals surface area contributed by atoms with Crippen LogP contribution in [0, 0.1) is 5.41 Å². The molecule has 4 N–H and O–H groups in total. The van der Waals surface area contributed by atoms with E-state index in [4.69, 9.17) is 15.7 Å². The summed E-state index contributed by atoms with van der Waals surface area (Å²) in [6.07, 6.45) is 0.990. The Labute approximate surface area is 125 Å². The summed E-state index contributed by atoms with van der Waals surface area (Å²) in [6, 6.07) is 6.64. The summed E-state index contributed by atoms with van der Waals surface area (Å²) in [5.74, 6) is 0.424. The number of amidine groups is 1. The van der Waals surface area contributed by atoms with Gasteiger partial charge in [-0.1, -0.05) is 25.9 Å². The van der Waals surface area contributed by atoms with Gasteiger partial charge in [0.15, 0.2) is 12.4 Å². The van der Waals surface area contributed by atoms with Crippen LogP contribution in [0.5, 0.6) is 5.75 Å². The number of carbonyl (C=O) groups is 1. The Morgan fingerprint density at radius 3 is 2.52 bits per heavy atom. The first kappa shape index (κ1) is 16.8. The third kappa shape index (κ3) is 5.72. The summed E-state index contributed by atoms with van der Waals surface area (Å²) in [6.45, 7) is 6.86. The highest BCUT2D eigenvalue weighted by Gasteiger charge is 2.16. The highest BCUT2D eigenvalue weighted by atomic mass is 16.5. The van der Waals surface area contributed by atoms with Crippen molar-refractivity contribution >= 4 is 11.7 Å². The first-order chi connectivity index (χ1) is 9.88. The Balaban J connectivity index is 2.43. The van der Waals surface area contributed by atoms with Gasteiger partial charge < -0.3 is 21.0 Å². The van der Waals surface area contributed by atoms with Crippen LogP contribution in [0.15, 0.2) is 29.4 Å². The number of hydrogen-bond donors (Lipinski definition) is 3. The molecule has 1 amide bonds. The smallest absolute Gasteiger partial charge is 0.257 e. The highest BCUT2D eigenvalue weighted by Crippen LogP contribution is 2.17. The summed E-state index contributed by atoms with van der Waals surface area (Å²) in [5.41, 5.74) is 6.12. The minimum atomic E-state index is -0.156. The van der Waals surface area contributed by atoms with E-state index in [0.717, 1.165) is 6.42 Å². The predicted molar refractivity (Wildman–Crippen MR) is 81.5 cm³/mol. The molecule has 0 spiro atoms. The van der Waals surface area contributed by atoms with Gasteiger partial charge in [-0.05, 0) is 36.1 Å². The van der Waals surface area contributed by atoms with Crippen LogP contribution in [0.3, 0.4) is 0 Å². The van der Waals surface area contributed by atoms with Crippen molar-refractivity contribution in [3.05, 3.63) is 29.8 Å². The minimum absolute atomic E-state index is 0.0288. The molecule has 0 fully saturated rings. The van der Waals surface area contributed by atoms with Gasteiger partial charge in [0.05, 0.1) is 0 Å². The first-order valence-electron chi connectivity index (χ1n) is 6.85. The van der Waals surface area contributed by atoms with Crippen molar-refractivity contribution < 1.29 is 14.7 Å². The maximum atomic E-state index is 11.7. The SMILES string of the molecule is CCC(C)(C)CNC(=O)COc1ccc(/C(N)=N/O)cc1. The van der Waals surface area contributed by atoms with Crippen molar-refractivity contribution in [2.24, 2.45) is 16.3 Å². The Bertz CT molecular complexity index is 495. The van der Waals surface area contributed by atoms with E-state index in [1.165, 1.54) is 0 Å². The number of nitrogens with one attached hydrogen (secondary N) is 1. The summed E-state index contributed by atoms with van der Waals surface area (Å²) < 4.78 is 5.38. The first-order valence-corrected chi connectivity index (χ1v) is 6.85. The van der Waals surface area contributed by atoms with Crippen LogP contribution in [0.4, 0.5) is 0 Å². The normalized spacial score (nSPS) is 12.0. The summed E-state index contributed by atoms with van der Waals surface area (Å²) >= 11 is 0. The van der Waals surface area contributed by atoms with E-state index >= 15 is 0 Å². The molecular formula is C15H23N3O3. The number of carbonyl (C=O) groups excluding carboxylic acids is 1. The van der Waals surface area contributed by atoms with E-state index in [9.17, 15) is 4.79 Å². The maximum absolute atomic E-state index is 11.7. The third-order valence-electron chi connectivity index (χ3n) is 3.35. The maximum Gasteiger partial charge on any atom is 0.257 e. The average molecular weight is 293 g/mol. The number of amides is 1. The van der Waals surface area contributed by atoms with E-state index in [-0.39, 0.29) is 23.8 Å². The van der Waals surface area contributed by atoms with E-state index < -0.39 is 0 Å². The number of hydrogen-bond acceptors (Lipinski definition) is 4. The Morgan fingerprint density at radius 2 is 2.00 bits per heavy atom. The Hall–Kier alpha value is -2.24. The number of oxime groups is 1. The fourth-order valence-electron chi connectivity index (χ4n) is 1.44. The molecule has 0 radical (unpaired) electrons. The van der Waals surface area contributed by atoms with Gasteiger partial charge in [-0.25, -0.2) is 0 Å². The molecule has 0 aliphatic heterocycles. The summed E-state index contributed by atoms with van der Waals surface area (Å²) in [5, 5.41) is 14.3. The lowest BCUT2D eigenvalue weighted by Gasteiger charge is -2.22. The van der Waals surface area contributed by atoms with Gasteiger partial charge in [0.25, 0.3) is 5.91 Å². The van der Waals surface area contributed by atoms with E-state index in [2.05, 4.69) is 31.2 Å². The zero-order chi connectivity index (χ0) is 15.9. The van der Waals surface area contributed by atoms with Crippen LogP contribution >= 0.6 is 0 Å². The van der Waals surface area contributed by atoms with Gasteiger partial charge in [-0.2, -0.15) is 0 Å². The second-order valence-electron chi connectivity index (χ2n) is 5.59. The molecule has 1 rings (SSSR count). The van der Waals surface area contributed by atoms with E-state index in [0.29, 0.717) is 17.9 Å². The standard InChI is InChI=1S/C15H23N3O3/c1-4-15(2,3)10-17-13(19)9-21-12-7-5-11(6-8-12)14(16)18-20/h5-8,20H,4,9-10H2,1-3H3,(H2,16,18)(H,17,19). The number of nitrogens with two attached hydrogens (primary N) is 1. The molecule has 116 valence electrons. The number of benzene rings is 1. The van der Waals surface area contributed by atoms with Crippen molar-refractivity contribution in [1.29, 1.82) is 0 Å². The molecule has 0 aromatic heterocycles. The van der Waals surface area contributed by atoms with Gasteiger partial charge in [0.2, 0.25) is 0 Å². The lowest BCUT2D eigenvalue weighted by molar-refractivity contribution is -0.123. The van der Waals surface area contributed by atoms with Crippen molar-refractivity contribution in [3.63, 3.8) is 0 Å². The van der Waals surface area contributed by atoms with Gasteiger partial charge in [0, 0.05) is 12.1 Å². The molecule has 0 aliphatic rings. The van der Waals surface area contributed by atoms with Crippen LogP contribution in [0.2, 0.25) is 0 Å². The monoisotopic (exact) mass is 293 g/mol. The number of rotatable bonds is 7. The Kier molecular flexibility index (Phi) is 6.02. The highest BCUT2D eigenvalue weighted by molar-refractivity contribution is 5.97. The van der Waals surface area contributed by atoms with Gasteiger partial charge in [-0.15, -0.1) is 0 Å². The minimum Gasteiger partial charge on any atom is -0.484 e. The lowest BCUT2D eigenvalue weighted by atomic mass is 9.90. The quantitative estimate of drug-likeness (QED) is 0.308. The van der Waals surface area contributed by atoms with Crippen molar-refractivity contribution in [2.75, 3.05) is 13.2 Å². The summed E-state index contributed by atoms with van der Waals surface area (Å²) in [4.78, 5) is 11.7. The molecule has 0 heterocycles. The topological polar surface area (TPSA) is 96.9 Å². The van der Waals surface area contributed by atoms with E-state index in [1.807, 2.05) is 0 Å². The predicted octanol–water partition coefficient (Wildman–Crippen LogP) is 1.71. The van der Waals surface area contributed by atoms with Crippen LogP contribution in [0.25, 0.3) is 0 Å². The molecule has 0 saturated carbocycles. The number of ether oxygens (including phenoxy) is 1. The zero-order valence-electron chi connectivity index (χ0n) is 12.7. The van der Waals surface area contributed by atoms with Crippen molar-refractivity contribution in [3.8, 4) is 5.75 Å². The van der Waals surface area contributed by atoms with E-state index in [1.54, 1.807) is 24.3 Å². The summed E-state index contributed by atoms with van der Waals surface area (Å²) in [7, 11) is 0. The molecule has 0 saturated heterocycles. The fraction of sp³-hybridized carbons (Fsp3) is 0.467. The van der Waals surface area contributed by atoms with Crippen LogP contribution < -0.4 is 15.8 Å². The molecule has 6 nitrogen and oxygen atoms in total. The molecule has 0 aliphatic carbocycles. The zero-order valence-corrected chi connectivity index (χ0v) is 12.7. The van der Waals surface area contributed by atoms with Crippen molar-refractivity contribution in [1.82, 2.24) is 5.32 Å². The molecular weight excluding hydrogens is 270 g/mol. The molecule has 21 heavy (non-hydrogen) atoms. The second kappa shape index (κ2) is 7.52. The lowest BCUT2D eigenvalue weighted by Crippen LogP contribution is -2.36. The fourth-order valence-corrected chi connectivity index (χ4v) is 1.44. The van der Waals surface area contributed by atoms with Crippen molar-refractivity contribution in [2.45, 2.75) is 27.2 Å². The molecule has 1 aromatic rings. The average Bonchev–Trinajstić information content (AvgIpc) is 2.50. The largest absolute Gasteiger partial charge is 0.484 e. The van der Waals surface area contributed by atoms with Gasteiger partial charge in [-0.3, -0.25) is 4.79 Å². The van der Waals surface area contributed by atoms with Crippen LogP contribution in [0.1, 0.15) is 32.8 Å². The molecule has 6 heteroatoms. The van der Waals surface area contributed by atoms with Crippen LogP contribution in [-0.4, -0.2) is 30.1 Å². The third-order valence-corrected chi connectivity index (χ3v) is 3.35. The van der Waals surface area contributed by atoms with Gasteiger partial charge >= 0.3 is 0 Å². The molecule has 1 aromatic carbocycles. The molecule has 0 atom stereocenters.